The molecule has 0 aliphatic heterocycles. The maximum absolute atomic E-state index is 13.0. The minimum absolute atomic E-state index is 0.0164. The van der Waals surface area contributed by atoms with Gasteiger partial charge in [-0.25, -0.2) is 9.18 Å². The van der Waals surface area contributed by atoms with Crippen molar-refractivity contribution in [1.82, 2.24) is 0 Å². The van der Waals surface area contributed by atoms with E-state index in [2.05, 4.69) is 12.2 Å². The molecular formula is C14H20FNO2. The largest absolute Gasteiger partial charge is 0.478 e. The predicted molar refractivity (Wildman–Crippen MR) is 70.6 cm³/mol. The SMILES string of the molecule is CCCCCC(C)Nc1ccc(F)cc1C(=O)O. The topological polar surface area (TPSA) is 49.3 Å². The van der Waals surface area contributed by atoms with E-state index in [0.717, 1.165) is 25.3 Å². The molecule has 0 bridgehead atoms. The van der Waals surface area contributed by atoms with E-state index in [-0.39, 0.29) is 11.6 Å². The van der Waals surface area contributed by atoms with Crippen LogP contribution in [0.3, 0.4) is 0 Å². The Labute approximate surface area is 107 Å². The Morgan fingerprint density at radius 2 is 2.17 bits per heavy atom. The third kappa shape index (κ3) is 4.35. The molecule has 0 heterocycles. The highest BCUT2D eigenvalue weighted by atomic mass is 19.1. The van der Waals surface area contributed by atoms with Crippen molar-refractivity contribution in [1.29, 1.82) is 0 Å². The highest BCUT2D eigenvalue weighted by Gasteiger charge is 2.12. The first kappa shape index (κ1) is 14.5. The van der Waals surface area contributed by atoms with E-state index in [1.165, 1.54) is 18.6 Å². The molecule has 18 heavy (non-hydrogen) atoms. The molecule has 0 aliphatic rings. The Kier molecular flexibility index (Phi) is 5.62. The van der Waals surface area contributed by atoms with Crippen LogP contribution in [0.25, 0.3) is 0 Å². The van der Waals surface area contributed by atoms with Crippen LogP contribution in [0.2, 0.25) is 0 Å². The molecule has 100 valence electrons. The number of hydrogen-bond donors (Lipinski definition) is 2. The summed E-state index contributed by atoms with van der Waals surface area (Å²) < 4.78 is 13.0. The second-order valence-electron chi connectivity index (χ2n) is 4.54. The molecule has 0 aliphatic carbocycles. The average Bonchev–Trinajstić information content (AvgIpc) is 2.31. The Morgan fingerprint density at radius 1 is 1.44 bits per heavy atom. The smallest absolute Gasteiger partial charge is 0.337 e. The van der Waals surface area contributed by atoms with Crippen LogP contribution in [0.5, 0.6) is 0 Å². The van der Waals surface area contributed by atoms with Crippen molar-refractivity contribution >= 4 is 11.7 Å². The van der Waals surface area contributed by atoms with E-state index in [1.807, 2.05) is 6.92 Å². The number of halogens is 1. The zero-order valence-corrected chi connectivity index (χ0v) is 10.9. The Morgan fingerprint density at radius 3 is 2.78 bits per heavy atom. The van der Waals surface area contributed by atoms with Crippen molar-refractivity contribution in [3.05, 3.63) is 29.6 Å². The highest BCUT2D eigenvalue weighted by molar-refractivity contribution is 5.94. The number of unbranched alkanes of at least 4 members (excludes halogenated alkanes) is 2. The second kappa shape index (κ2) is 6.99. The minimum atomic E-state index is -1.11. The Bertz CT molecular complexity index is 407. The van der Waals surface area contributed by atoms with Crippen LogP contribution in [0.15, 0.2) is 18.2 Å². The third-order valence-electron chi connectivity index (χ3n) is 2.85. The summed E-state index contributed by atoms with van der Waals surface area (Å²) in [7, 11) is 0. The Hall–Kier alpha value is -1.58. The maximum Gasteiger partial charge on any atom is 0.337 e. The van der Waals surface area contributed by atoms with Crippen molar-refractivity contribution < 1.29 is 14.3 Å². The lowest BCUT2D eigenvalue weighted by atomic mass is 10.1. The molecule has 4 heteroatoms. The molecule has 0 amide bonds. The number of anilines is 1. The molecule has 3 nitrogen and oxygen atoms in total. The zero-order chi connectivity index (χ0) is 13.5. The van der Waals surface area contributed by atoms with E-state index < -0.39 is 11.8 Å². The standard InChI is InChI=1S/C14H20FNO2/c1-3-4-5-6-10(2)16-13-8-7-11(15)9-12(13)14(17)18/h7-10,16H,3-6H2,1-2H3,(H,17,18). The number of carbonyl (C=O) groups is 1. The van der Waals surface area contributed by atoms with Gasteiger partial charge in [0.25, 0.3) is 0 Å². The summed E-state index contributed by atoms with van der Waals surface area (Å²) in [6, 6.07) is 3.98. The predicted octanol–water partition coefficient (Wildman–Crippen LogP) is 3.90. The van der Waals surface area contributed by atoms with Crippen LogP contribution >= 0.6 is 0 Å². The lowest BCUT2D eigenvalue weighted by molar-refractivity contribution is 0.0697. The van der Waals surface area contributed by atoms with Crippen molar-refractivity contribution in [2.45, 2.75) is 45.6 Å². The van der Waals surface area contributed by atoms with E-state index in [4.69, 9.17) is 5.11 Å². The molecule has 0 fully saturated rings. The van der Waals surface area contributed by atoms with Gasteiger partial charge in [0.2, 0.25) is 0 Å². The van der Waals surface area contributed by atoms with Crippen LogP contribution in [0, 0.1) is 5.82 Å². The van der Waals surface area contributed by atoms with E-state index in [9.17, 15) is 9.18 Å². The van der Waals surface area contributed by atoms with Crippen molar-refractivity contribution in [3.63, 3.8) is 0 Å². The minimum Gasteiger partial charge on any atom is -0.478 e. The lowest BCUT2D eigenvalue weighted by Gasteiger charge is -2.16. The van der Waals surface area contributed by atoms with Gasteiger partial charge in [-0.2, -0.15) is 0 Å². The summed E-state index contributed by atoms with van der Waals surface area (Å²) in [5.74, 6) is -1.64. The van der Waals surface area contributed by atoms with Gasteiger partial charge in [0.1, 0.15) is 5.82 Å². The highest BCUT2D eigenvalue weighted by Crippen LogP contribution is 2.19. The van der Waals surface area contributed by atoms with Crippen LogP contribution in [0.1, 0.15) is 49.9 Å². The van der Waals surface area contributed by atoms with Crippen LogP contribution in [-0.2, 0) is 0 Å². The number of benzene rings is 1. The summed E-state index contributed by atoms with van der Waals surface area (Å²) in [6.45, 7) is 4.14. The monoisotopic (exact) mass is 253 g/mol. The van der Waals surface area contributed by atoms with E-state index in [0.29, 0.717) is 5.69 Å². The number of carboxylic acids is 1. The molecule has 1 aromatic carbocycles. The quantitative estimate of drug-likeness (QED) is 0.724. The fourth-order valence-electron chi connectivity index (χ4n) is 1.86. The van der Waals surface area contributed by atoms with Gasteiger partial charge in [0.05, 0.1) is 5.56 Å². The van der Waals surface area contributed by atoms with Crippen molar-refractivity contribution in [2.24, 2.45) is 0 Å². The molecule has 2 N–H and O–H groups in total. The average molecular weight is 253 g/mol. The third-order valence-corrected chi connectivity index (χ3v) is 2.85. The number of hydrogen-bond acceptors (Lipinski definition) is 2. The molecule has 1 unspecified atom stereocenters. The number of nitrogens with one attached hydrogen (secondary N) is 1. The van der Waals surface area contributed by atoms with Crippen LogP contribution in [0.4, 0.5) is 10.1 Å². The summed E-state index contributed by atoms with van der Waals surface area (Å²) in [5, 5.41) is 12.1. The van der Waals surface area contributed by atoms with Gasteiger partial charge < -0.3 is 10.4 Å². The fraction of sp³-hybridized carbons (Fsp3) is 0.500. The van der Waals surface area contributed by atoms with Gasteiger partial charge in [0.15, 0.2) is 0 Å². The van der Waals surface area contributed by atoms with Gasteiger partial charge in [0, 0.05) is 11.7 Å². The van der Waals surface area contributed by atoms with Crippen molar-refractivity contribution in [3.8, 4) is 0 Å². The molecule has 0 aromatic heterocycles. The van der Waals surface area contributed by atoms with Crippen LogP contribution < -0.4 is 5.32 Å². The van der Waals surface area contributed by atoms with Gasteiger partial charge in [-0.1, -0.05) is 26.2 Å². The number of rotatable bonds is 7. The maximum atomic E-state index is 13.0. The molecule has 1 aromatic rings. The van der Waals surface area contributed by atoms with Gasteiger partial charge in [-0.15, -0.1) is 0 Å². The molecule has 1 rings (SSSR count). The molecule has 0 radical (unpaired) electrons. The first-order valence-electron chi connectivity index (χ1n) is 6.34. The summed E-state index contributed by atoms with van der Waals surface area (Å²) in [6.07, 6.45) is 4.41. The summed E-state index contributed by atoms with van der Waals surface area (Å²) in [4.78, 5) is 11.0. The van der Waals surface area contributed by atoms with E-state index in [1.54, 1.807) is 0 Å². The first-order chi connectivity index (χ1) is 8.54. The van der Waals surface area contributed by atoms with Gasteiger partial charge in [-0.05, 0) is 31.5 Å². The molecular weight excluding hydrogens is 233 g/mol. The summed E-state index contributed by atoms with van der Waals surface area (Å²) >= 11 is 0. The van der Waals surface area contributed by atoms with Gasteiger partial charge in [-0.3, -0.25) is 0 Å². The normalized spacial score (nSPS) is 12.2. The number of carboxylic acid groups (broad SMARTS) is 1. The molecule has 0 saturated carbocycles. The van der Waals surface area contributed by atoms with Gasteiger partial charge >= 0.3 is 5.97 Å². The first-order valence-corrected chi connectivity index (χ1v) is 6.34. The molecule has 0 saturated heterocycles. The fourth-order valence-corrected chi connectivity index (χ4v) is 1.86. The molecule has 1 atom stereocenters. The summed E-state index contributed by atoms with van der Waals surface area (Å²) in [5.41, 5.74) is 0.463. The van der Waals surface area contributed by atoms with Crippen LogP contribution in [-0.4, -0.2) is 17.1 Å². The zero-order valence-electron chi connectivity index (χ0n) is 10.9. The molecule has 0 spiro atoms. The van der Waals surface area contributed by atoms with Crippen molar-refractivity contribution in [2.75, 3.05) is 5.32 Å². The number of aromatic carboxylic acids is 1. The second-order valence-corrected chi connectivity index (χ2v) is 4.54. The Balaban J connectivity index is 2.68. The lowest BCUT2D eigenvalue weighted by Crippen LogP contribution is -2.17. The van der Waals surface area contributed by atoms with E-state index >= 15 is 0 Å².